The van der Waals surface area contributed by atoms with Crippen molar-refractivity contribution in [3.63, 3.8) is 0 Å². The maximum absolute atomic E-state index is 13.0. The number of hydrogen-bond donors (Lipinski definition) is 0. The molecule has 0 aliphatic rings. The van der Waals surface area contributed by atoms with E-state index in [4.69, 9.17) is 0 Å². The Labute approximate surface area is 109 Å². The van der Waals surface area contributed by atoms with Crippen molar-refractivity contribution in [3.05, 3.63) is 69.9 Å². The van der Waals surface area contributed by atoms with Gasteiger partial charge in [-0.25, -0.2) is 9.18 Å². The van der Waals surface area contributed by atoms with Gasteiger partial charge in [0.15, 0.2) is 0 Å². The Hall–Kier alpha value is -2.43. The summed E-state index contributed by atoms with van der Waals surface area (Å²) < 4.78 is 19.0. The smallest absolute Gasteiger partial charge is 0.338 e. The van der Waals surface area contributed by atoms with Crippen LogP contribution in [0.5, 0.6) is 0 Å². The summed E-state index contributed by atoms with van der Waals surface area (Å²) in [5.74, 6) is -0.910. The predicted molar refractivity (Wildman–Crippen MR) is 67.5 cm³/mol. The number of methoxy groups -OCH3 is 1. The lowest BCUT2D eigenvalue weighted by Crippen LogP contribution is -2.21. The first kappa shape index (κ1) is 13.0. The number of carbonyl (C=O) groups is 1. The van der Waals surface area contributed by atoms with Crippen molar-refractivity contribution >= 4 is 5.97 Å². The number of carbonyl (C=O) groups excluding carboxylic acids is 1. The van der Waals surface area contributed by atoms with E-state index in [1.165, 1.54) is 42.1 Å². The van der Waals surface area contributed by atoms with Gasteiger partial charge in [0.2, 0.25) is 0 Å². The van der Waals surface area contributed by atoms with Gasteiger partial charge in [0.1, 0.15) is 5.82 Å². The summed E-state index contributed by atoms with van der Waals surface area (Å²) in [5, 5.41) is 0. The molecule has 0 fully saturated rings. The fraction of sp³-hybridized carbons (Fsp3) is 0.143. The van der Waals surface area contributed by atoms with E-state index in [0.29, 0.717) is 5.56 Å². The summed E-state index contributed by atoms with van der Waals surface area (Å²) in [7, 11) is 1.25. The van der Waals surface area contributed by atoms with Crippen molar-refractivity contribution in [2.24, 2.45) is 0 Å². The van der Waals surface area contributed by atoms with Crippen LogP contribution < -0.4 is 5.56 Å². The van der Waals surface area contributed by atoms with Gasteiger partial charge in [-0.3, -0.25) is 4.79 Å². The second kappa shape index (κ2) is 5.48. The molecule has 0 aliphatic heterocycles. The SMILES string of the molecule is COC(=O)c1ccn(Cc2cccc(F)c2)c(=O)c1. The molecular formula is C14H12FNO3. The average Bonchev–Trinajstić information content (AvgIpc) is 2.40. The largest absolute Gasteiger partial charge is 0.465 e. The van der Waals surface area contributed by atoms with Crippen LogP contribution in [0.1, 0.15) is 15.9 Å². The Morgan fingerprint density at radius 2 is 2.11 bits per heavy atom. The van der Waals surface area contributed by atoms with Gasteiger partial charge in [-0.2, -0.15) is 0 Å². The monoisotopic (exact) mass is 261 g/mol. The van der Waals surface area contributed by atoms with Crippen LogP contribution in [0.25, 0.3) is 0 Å². The number of aromatic nitrogens is 1. The van der Waals surface area contributed by atoms with E-state index in [9.17, 15) is 14.0 Å². The van der Waals surface area contributed by atoms with E-state index in [-0.39, 0.29) is 23.5 Å². The Morgan fingerprint density at radius 3 is 2.74 bits per heavy atom. The first-order chi connectivity index (χ1) is 9.10. The van der Waals surface area contributed by atoms with Crippen LogP contribution in [-0.2, 0) is 11.3 Å². The molecule has 2 rings (SSSR count). The lowest BCUT2D eigenvalue weighted by molar-refractivity contribution is 0.0600. The van der Waals surface area contributed by atoms with Crippen molar-refractivity contribution in [1.29, 1.82) is 0 Å². The predicted octanol–water partition coefficient (Wildman–Crippen LogP) is 1.82. The number of ether oxygens (including phenoxy) is 1. The number of halogens is 1. The van der Waals surface area contributed by atoms with E-state index < -0.39 is 5.97 Å². The van der Waals surface area contributed by atoms with Crippen LogP contribution in [-0.4, -0.2) is 17.6 Å². The fourth-order valence-corrected chi connectivity index (χ4v) is 1.72. The van der Waals surface area contributed by atoms with Crippen LogP contribution in [0, 0.1) is 5.82 Å². The molecule has 0 unspecified atom stereocenters. The Bertz CT molecular complexity index is 664. The molecule has 0 N–H and O–H groups in total. The lowest BCUT2D eigenvalue weighted by Gasteiger charge is -2.06. The zero-order valence-corrected chi connectivity index (χ0v) is 10.3. The topological polar surface area (TPSA) is 48.3 Å². The van der Waals surface area contributed by atoms with E-state index in [1.807, 2.05) is 0 Å². The summed E-state index contributed by atoms with van der Waals surface area (Å²) in [4.78, 5) is 23.1. The number of esters is 1. The minimum Gasteiger partial charge on any atom is -0.465 e. The molecule has 0 spiro atoms. The van der Waals surface area contributed by atoms with Gasteiger partial charge in [0.25, 0.3) is 5.56 Å². The van der Waals surface area contributed by atoms with Crippen LogP contribution >= 0.6 is 0 Å². The number of benzene rings is 1. The highest BCUT2D eigenvalue weighted by Gasteiger charge is 2.07. The molecule has 0 saturated heterocycles. The maximum Gasteiger partial charge on any atom is 0.338 e. The van der Waals surface area contributed by atoms with E-state index >= 15 is 0 Å². The molecule has 1 aromatic heterocycles. The second-order valence-electron chi connectivity index (χ2n) is 4.00. The Morgan fingerprint density at radius 1 is 1.32 bits per heavy atom. The summed E-state index contributed by atoms with van der Waals surface area (Å²) in [6.45, 7) is 0.248. The van der Waals surface area contributed by atoms with Gasteiger partial charge < -0.3 is 9.30 Å². The minimum absolute atomic E-state index is 0.197. The number of hydrogen-bond acceptors (Lipinski definition) is 3. The average molecular weight is 261 g/mol. The Kier molecular flexibility index (Phi) is 3.75. The first-order valence-corrected chi connectivity index (χ1v) is 5.63. The molecule has 5 heteroatoms. The molecule has 1 aromatic carbocycles. The van der Waals surface area contributed by atoms with Crippen LogP contribution in [0.15, 0.2) is 47.4 Å². The highest BCUT2D eigenvalue weighted by Crippen LogP contribution is 2.05. The number of rotatable bonds is 3. The van der Waals surface area contributed by atoms with Crippen molar-refractivity contribution in [2.45, 2.75) is 6.54 Å². The van der Waals surface area contributed by atoms with Gasteiger partial charge in [-0.15, -0.1) is 0 Å². The molecule has 98 valence electrons. The van der Waals surface area contributed by atoms with E-state index in [0.717, 1.165) is 0 Å². The van der Waals surface area contributed by atoms with E-state index in [2.05, 4.69) is 4.74 Å². The fourth-order valence-electron chi connectivity index (χ4n) is 1.72. The molecule has 0 saturated carbocycles. The molecule has 1 heterocycles. The molecule has 2 aromatic rings. The molecule has 4 nitrogen and oxygen atoms in total. The summed E-state index contributed by atoms with van der Waals surface area (Å²) >= 11 is 0. The van der Waals surface area contributed by atoms with Crippen LogP contribution in [0.2, 0.25) is 0 Å². The molecule has 0 amide bonds. The van der Waals surface area contributed by atoms with Crippen molar-refractivity contribution in [1.82, 2.24) is 4.57 Å². The summed E-state index contributed by atoms with van der Waals surface area (Å²) in [6.07, 6.45) is 1.49. The zero-order chi connectivity index (χ0) is 13.8. The minimum atomic E-state index is -0.560. The van der Waals surface area contributed by atoms with Gasteiger partial charge in [0.05, 0.1) is 19.2 Å². The quantitative estimate of drug-likeness (QED) is 0.792. The van der Waals surface area contributed by atoms with Gasteiger partial charge in [-0.05, 0) is 23.8 Å². The van der Waals surface area contributed by atoms with Gasteiger partial charge >= 0.3 is 5.97 Å². The number of nitrogens with zero attached hydrogens (tertiary/aromatic N) is 1. The van der Waals surface area contributed by atoms with Crippen LogP contribution in [0.4, 0.5) is 4.39 Å². The second-order valence-corrected chi connectivity index (χ2v) is 4.00. The molecule has 0 atom stereocenters. The molecule has 0 bridgehead atoms. The lowest BCUT2D eigenvalue weighted by atomic mass is 10.2. The highest BCUT2D eigenvalue weighted by atomic mass is 19.1. The van der Waals surface area contributed by atoms with E-state index in [1.54, 1.807) is 12.1 Å². The van der Waals surface area contributed by atoms with Crippen molar-refractivity contribution in [3.8, 4) is 0 Å². The van der Waals surface area contributed by atoms with Gasteiger partial charge in [0, 0.05) is 12.3 Å². The normalized spacial score (nSPS) is 10.2. The zero-order valence-electron chi connectivity index (χ0n) is 10.3. The molecular weight excluding hydrogens is 249 g/mol. The van der Waals surface area contributed by atoms with Crippen LogP contribution in [0.3, 0.4) is 0 Å². The van der Waals surface area contributed by atoms with Gasteiger partial charge in [-0.1, -0.05) is 12.1 Å². The molecule has 19 heavy (non-hydrogen) atoms. The van der Waals surface area contributed by atoms with Crippen molar-refractivity contribution < 1.29 is 13.9 Å². The van der Waals surface area contributed by atoms with Crippen molar-refractivity contribution in [2.75, 3.05) is 7.11 Å². The Balaban J connectivity index is 2.27. The molecule has 0 radical (unpaired) electrons. The third-order valence-electron chi connectivity index (χ3n) is 2.66. The highest BCUT2D eigenvalue weighted by molar-refractivity contribution is 5.88. The third kappa shape index (κ3) is 3.07. The standard InChI is InChI=1S/C14H12FNO3/c1-19-14(18)11-5-6-16(13(17)8-11)9-10-3-2-4-12(15)7-10/h2-8H,9H2,1H3. The summed E-state index contributed by atoms with van der Waals surface area (Å²) in [6, 6.07) is 8.70. The first-order valence-electron chi connectivity index (χ1n) is 5.63. The number of pyridine rings is 1. The maximum atomic E-state index is 13.0. The molecule has 0 aliphatic carbocycles. The summed E-state index contributed by atoms with van der Waals surface area (Å²) in [5.41, 5.74) is 0.531. The third-order valence-corrected chi connectivity index (χ3v) is 2.66.